The smallest absolute Gasteiger partial charge is 0.167 e. The lowest BCUT2D eigenvalue weighted by molar-refractivity contribution is 0.383. The Bertz CT molecular complexity index is 392. The molecule has 0 unspecified atom stereocenters. The summed E-state index contributed by atoms with van der Waals surface area (Å²) in [6.07, 6.45) is 3.66. The fourth-order valence-electron chi connectivity index (χ4n) is 2.34. The molecule has 0 aliphatic carbocycles. The number of aromatic nitrogens is 1. The van der Waals surface area contributed by atoms with E-state index in [-0.39, 0.29) is 5.82 Å². The maximum Gasteiger partial charge on any atom is 0.167 e. The minimum atomic E-state index is -0.326. The van der Waals surface area contributed by atoms with E-state index in [0.29, 0.717) is 16.8 Å². The van der Waals surface area contributed by atoms with E-state index < -0.39 is 0 Å². The van der Waals surface area contributed by atoms with Crippen LogP contribution in [0, 0.1) is 11.7 Å². The maximum atomic E-state index is 13.7. The number of pyridine rings is 1. The van der Waals surface area contributed by atoms with Crippen LogP contribution in [0.5, 0.6) is 0 Å². The molecule has 1 fully saturated rings. The van der Waals surface area contributed by atoms with Gasteiger partial charge in [0.15, 0.2) is 11.6 Å². The van der Waals surface area contributed by atoms with Crippen LogP contribution >= 0.6 is 11.6 Å². The van der Waals surface area contributed by atoms with E-state index in [0.717, 1.165) is 39.0 Å². The predicted molar refractivity (Wildman–Crippen MR) is 72.7 cm³/mol. The van der Waals surface area contributed by atoms with Crippen molar-refractivity contribution in [2.75, 3.05) is 31.1 Å². The summed E-state index contributed by atoms with van der Waals surface area (Å²) in [5, 5.41) is 3.71. The summed E-state index contributed by atoms with van der Waals surface area (Å²) in [7, 11) is 0. The standard InChI is InChI=1S/C13H19ClFN3/c1-2-16-8-10-3-5-18(6-4-10)13-12(15)7-11(14)9-17-13/h7,9-10,16H,2-6,8H2,1H3. The van der Waals surface area contributed by atoms with Gasteiger partial charge in [-0.15, -0.1) is 0 Å². The van der Waals surface area contributed by atoms with Crippen molar-refractivity contribution in [1.82, 2.24) is 10.3 Å². The monoisotopic (exact) mass is 271 g/mol. The number of halogens is 2. The number of piperidine rings is 1. The van der Waals surface area contributed by atoms with Gasteiger partial charge in [0.25, 0.3) is 0 Å². The zero-order valence-corrected chi connectivity index (χ0v) is 11.4. The summed E-state index contributed by atoms with van der Waals surface area (Å²) in [5.41, 5.74) is 0. The van der Waals surface area contributed by atoms with Crippen molar-refractivity contribution in [1.29, 1.82) is 0 Å². The Morgan fingerprint density at radius 1 is 1.50 bits per heavy atom. The van der Waals surface area contributed by atoms with Crippen LogP contribution in [0.15, 0.2) is 12.3 Å². The summed E-state index contributed by atoms with van der Waals surface area (Å²) in [6.45, 7) is 5.90. The molecule has 0 atom stereocenters. The molecule has 1 aromatic heterocycles. The van der Waals surface area contributed by atoms with Gasteiger partial charge in [-0.3, -0.25) is 0 Å². The van der Waals surface area contributed by atoms with Crippen molar-refractivity contribution in [3.8, 4) is 0 Å². The van der Waals surface area contributed by atoms with Gasteiger partial charge in [0.1, 0.15) is 0 Å². The Balaban J connectivity index is 1.93. The average molecular weight is 272 g/mol. The number of anilines is 1. The van der Waals surface area contributed by atoms with E-state index in [1.54, 1.807) is 0 Å². The van der Waals surface area contributed by atoms with Gasteiger partial charge in [0.2, 0.25) is 0 Å². The largest absolute Gasteiger partial charge is 0.354 e. The molecule has 100 valence electrons. The highest BCUT2D eigenvalue weighted by Gasteiger charge is 2.21. The van der Waals surface area contributed by atoms with Crippen molar-refractivity contribution in [2.45, 2.75) is 19.8 Å². The number of rotatable bonds is 4. The third-order valence-corrected chi connectivity index (χ3v) is 3.59. The molecule has 0 amide bonds. The second-order valence-corrected chi connectivity index (χ2v) is 5.13. The molecule has 1 aliphatic rings. The average Bonchev–Trinajstić information content (AvgIpc) is 2.37. The summed E-state index contributed by atoms with van der Waals surface area (Å²) in [6, 6.07) is 1.33. The highest BCUT2D eigenvalue weighted by atomic mass is 35.5. The molecule has 1 aliphatic heterocycles. The first kappa shape index (κ1) is 13.6. The summed E-state index contributed by atoms with van der Waals surface area (Å²) < 4.78 is 13.7. The van der Waals surface area contributed by atoms with E-state index in [4.69, 9.17) is 11.6 Å². The molecule has 0 aromatic carbocycles. The topological polar surface area (TPSA) is 28.2 Å². The van der Waals surface area contributed by atoms with Crippen LogP contribution in [0.25, 0.3) is 0 Å². The fraction of sp³-hybridized carbons (Fsp3) is 0.615. The molecular formula is C13H19ClFN3. The van der Waals surface area contributed by atoms with Crippen molar-refractivity contribution in [2.24, 2.45) is 5.92 Å². The third-order valence-electron chi connectivity index (χ3n) is 3.39. The van der Waals surface area contributed by atoms with Crippen molar-refractivity contribution in [3.05, 3.63) is 23.1 Å². The van der Waals surface area contributed by atoms with Gasteiger partial charge in [-0.05, 0) is 37.9 Å². The maximum absolute atomic E-state index is 13.7. The molecule has 2 heterocycles. The number of hydrogen-bond acceptors (Lipinski definition) is 3. The van der Waals surface area contributed by atoms with Crippen LogP contribution in [-0.4, -0.2) is 31.2 Å². The van der Waals surface area contributed by atoms with Crippen LogP contribution in [0.4, 0.5) is 10.2 Å². The summed E-state index contributed by atoms with van der Waals surface area (Å²) in [4.78, 5) is 6.10. The zero-order chi connectivity index (χ0) is 13.0. The van der Waals surface area contributed by atoms with Gasteiger partial charge in [-0.1, -0.05) is 18.5 Å². The first-order chi connectivity index (χ1) is 8.70. The minimum absolute atomic E-state index is 0.326. The van der Waals surface area contributed by atoms with E-state index in [2.05, 4.69) is 17.2 Å². The van der Waals surface area contributed by atoms with Gasteiger partial charge in [0, 0.05) is 19.3 Å². The summed E-state index contributed by atoms with van der Waals surface area (Å²) in [5.74, 6) is 0.797. The molecule has 1 N–H and O–H groups in total. The quantitative estimate of drug-likeness (QED) is 0.913. The molecule has 5 heteroatoms. The van der Waals surface area contributed by atoms with Crippen molar-refractivity contribution >= 4 is 17.4 Å². The molecule has 0 saturated carbocycles. The van der Waals surface area contributed by atoms with Gasteiger partial charge in [0.05, 0.1) is 5.02 Å². The van der Waals surface area contributed by atoms with Crippen molar-refractivity contribution < 1.29 is 4.39 Å². The molecular weight excluding hydrogens is 253 g/mol. The Kier molecular flexibility index (Phi) is 4.78. The first-order valence-corrected chi connectivity index (χ1v) is 6.85. The van der Waals surface area contributed by atoms with Gasteiger partial charge >= 0.3 is 0 Å². The van der Waals surface area contributed by atoms with Crippen LogP contribution < -0.4 is 10.2 Å². The molecule has 2 rings (SSSR count). The van der Waals surface area contributed by atoms with Gasteiger partial charge in [-0.25, -0.2) is 9.37 Å². The summed E-state index contributed by atoms with van der Waals surface area (Å²) >= 11 is 5.71. The second kappa shape index (κ2) is 6.34. The lowest BCUT2D eigenvalue weighted by Crippen LogP contribution is -2.38. The number of nitrogens with zero attached hydrogens (tertiary/aromatic N) is 2. The second-order valence-electron chi connectivity index (χ2n) is 4.70. The fourth-order valence-corrected chi connectivity index (χ4v) is 2.48. The lowest BCUT2D eigenvalue weighted by Gasteiger charge is -2.33. The molecule has 3 nitrogen and oxygen atoms in total. The molecule has 1 saturated heterocycles. The van der Waals surface area contributed by atoms with Crippen molar-refractivity contribution in [3.63, 3.8) is 0 Å². The predicted octanol–water partition coefficient (Wildman–Crippen LogP) is 2.70. The van der Waals surface area contributed by atoms with Crippen LogP contribution in [-0.2, 0) is 0 Å². The zero-order valence-electron chi connectivity index (χ0n) is 10.6. The first-order valence-electron chi connectivity index (χ1n) is 6.47. The Hall–Kier alpha value is -0.870. The van der Waals surface area contributed by atoms with E-state index in [1.807, 2.05) is 4.90 Å². The molecule has 0 bridgehead atoms. The molecule has 0 spiro atoms. The Morgan fingerprint density at radius 2 is 2.22 bits per heavy atom. The van der Waals surface area contributed by atoms with Crippen LogP contribution in [0.2, 0.25) is 5.02 Å². The Labute approximate surface area is 112 Å². The number of hydrogen-bond donors (Lipinski definition) is 1. The van der Waals surface area contributed by atoms with E-state index >= 15 is 0 Å². The third kappa shape index (κ3) is 3.33. The van der Waals surface area contributed by atoms with E-state index in [1.165, 1.54) is 12.3 Å². The van der Waals surface area contributed by atoms with Gasteiger partial charge < -0.3 is 10.2 Å². The normalized spacial score (nSPS) is 17.2. The highest BCUT2D eigenvalue weighted by molar-refractivity contribution is 6.30. The van der Waals surface area contributed by atoms with Crippen LogP contribution in [0.3, 0.4) is 0 Å². The van der Waals surface area contributed by atoms with Crippen LogP contribution in [0.1, 0.15) is 19.8 Å². The van der Waals surface area contributed by atoms with E-state index in [9.17, 15) is 4.39 Å². The minimum Gasteiger partial charge on any atom is -0.354 e. The highest BCUT2D eigenvalue weighted by Crippen LogP contribution is 2.24. The number of nitrogens with one attached hydrogen (secondary N) is 1. The molecule has 1 aromatic rings. The SMILES string of the molecule is CCNCC1CCN(c2ncc(Cl)cc2F)CC1. The lowest BCUT2D eigenvalue weighted by atomic mass is 9.97. The molecule has 18 heavy (non-hydrogen) atoms. The molecule has 0 radical (unpaired) electrons. The van der Waals surface area contributed by atoms with Gasteiger partial charge in [-0.2, -0.15) is 0 Å². The Morgan fingerprint density at radius 3 is 2.83 bits per heavy atom.